The molecule has 528 valence electrons. The molecular weight excluding hydrogens is 1270 g/mol. The van der Waals surface area contributed by atoms with Crippen molar-refractivity contribution in [2.24, 2.45) is 10.8 Å². The van der Waals surface area contributed by atoms with Gasteiger partial charge in [0, 0.05) is 39.8 Å². The van der Waals surface area contributed by atoms with Crippen LogP contribution < -0.4 is 9.47 Å². The van der Waals surface area contributed by atoms with Crippen LogP contribution in [-0.2, 0) is 23.2 Å². The maximum atomic E-state index is 15.2. The van der Waals surface area contributed by atoms with Gasteiger partial charge in [-0.1, -0.05) is 142 Å². The Hall–Kier alpha value is -9.02. The molecule has 0 fully saturated rings. The topological polar surface area (TPSA) is 58.9 Å². The summed E-state index contributed by atoms with van der Waals surface area (Å²) in [4.78, 5) is 0. The standard InChI is InChI=1S/C91H98F6O4/c1-52-25-21-26-53(2)80(52)64-38-62(39-65(42-64)81-54(3)27-22-28-55(81)4)72-46-70(88(17,18)50-86(11,12)13)48-76(84(72)98)74-44-68(90(92,93)94)33-35-78(74)100-60(9)37-61(10)101-79-36-34-69(91(95,96)97)45-75(79)77-49-71(89(19,20)51-87(14,15)16)47-73(85(77)99)63-40-66(82-56(5)29-23-30-57(82)6)43-67(41-63)83-58(7)31-24-32-59(83)8/h21-36,38-49,60-61,98-99H,37,50-51H2,1-20H3/t60-,61+. The van der Waals surface area contributed by atoms with Crippen molar-refractivity contribution >= 4 is 0 Å². The fourth-order valence-corrected chi connectivity index (χ4v) is 16.0. The van der Waals surface area contributed by atoms with Crippen molar-refractivity contribution in [2.45, 2.75) is 193 Å². The Labute approximate surface area is 595 Å². The lowest BCUT2D eigenvalue weighted by molar-refractivity contribution is -0.138. The molecule has 0 aliphatic heterocycles. The maximum absolute atomic E-state index is 15.2. The van der Waals surface area contributed by atoms with E-state index >= 15 is 26.3 Å². The molecule has 0 saturated carbocycles. The number of benzene rings is 10. The van der Waals surface area contributed by atoms with Crippen LogP contribution in [0, 0.1) is 66.2 Å². The van der Waals surface area contributed by atoms with E-state index in [1.54, 1.807) is 26.0 Å². The molecule has 0 heterocycles. The molecule has 0 amide bonds. The highest BCUT2D eigenvalue weighted by atomic mass is 19.4. The molecule has 2 atom stereocenters. The van der Waals surface area contributed by atoms with Crippen LogP contribution in [0.3, 0.4) is 0 Å². The summed E-state index contributed by atoms with van der Waals surface area (Å²) in [6, 6.07) is 51.4. The summed E-state index contributed by atoms with van der Waals surface area (Å²) >= 11 is 0. The molecule has 0 aliphatic carbocycles. The summed E-state index contributed by atoms with van der Waals surface area (Å²) in [5.74, 6) is -0.337. The number of aryl methyl sites for hydroxylation is 8. The molecule has 0 saturated heterocycles. The molecular formula is C91H98F6O4. The quantitative estimate of drug-likeness (QED) is 0.0841. The van der Waals surface area contributed by atoms with Crippen molar-refractivity contribution in [1.29, 1.82) is 0 Å². The second-order valence-corrected chi connectivity index (χ2v) is 32.3. The Bertz CT molecular complexity index is 4260. The molecule has 101 heavy (non-hydrogen) atoms. The van der Waals surface area contributed by atoms with E-state index in [0.717, 1.165) is 124 Å². The summed E-state index contributed by atoms with van der Waals surface area (Å²) in [5, 5.41) is 26.3. The summed E-state index contributed by atoms with van der Waals surface area (Å²) < 4.78 is 105. The smallest absolute Gasteiger partial charge is 0.416 e. The number of hydrogen-bond donors (Lipinski definition) is 2. The zero-order chi connectivity index (χ0) is 74.0. The second kappa shape index (κ2) is 28.1. The van der Waals surface area contributed by atoms with Crippen molar-refractivity contribution in [1.82, 2.24) is 0 Å². The lowest BCUT2D eigenvalue weighted by Crippen LogP contribution is -2.25. The summed E-state index contributed by atoms with van der Waals surface area (Å²) in [6.07, 6.45) is -9.72. The largest absolute Gasteiger partial charge is 0.507 e. The van der Waals surface area contributed by atoms with Crippen molar-refractivity contribution in [3.63, 3.8) is 0 Å². The molecule has 0 unspecified atom stereocenters. The van der Waals surface area contributed by atoms with Crippen molar-refractivity contribution in [2.75, 3.05) is 0 Å². The lowest BCUT2D eigenvalue weighted by atomic mass is 9.71. The van der Waals surface area contributed by atoms with Crippen molar-refractivity contribution in [3.8, 4) is 112 Å². The Morgan fingerprint density at radius 3 is 0.792 bits per heavy atom. The van der Waals surface area contributed by atoms with E-state index in [1.807, 2.05) is 36.4 Å². The van der Waals surface area contributed by atoms with Crippen molar-refractivity contribution in [3.05, 3.63) is 237 Å². The molecule has 0 radical (unpaired) electrons. The van der Waals surface area contributed by atoms with Crippen molar-refractivity contribution < 1.29 is 46.0 Å². The fourth-order valence-electron chi connectivity index (χ4n) is 16.0. The van der Waals surface area contributed by atoms with Crippen LogP contribution in [0.15, 0.2) is 170 Å². The number of ether oxygens (including phenoxy) is 2. The molecule has 0 aliphatic rings. The number of halogens is 6. The van der Waals surface area contributed by atoms with Gasteiger partial charge < -0.3 is 19.7 Å². The first kappa shape index (κ1) is 74.7. The minimum Gasteiger partial charge on any atom is -0.507 e. The molecule has 2 N–H and O–H groups in total. The molecule has 4 nitrogen and oxygen atoms in total. The lowest BCUT2D eigenvalue weighted by Gasteiger charge is -2.34. The van der Waals surface area contributed by atoms with E-state index in [0.29, 0.717) is 35.1 Å². The van der Waals surface area contributed by atoms with Gasteiger partial charge in [-0.25, -0.2) is 0 Å². The van der Waals surface area contributed by atoms with Gasteiger partial charge in [0.05, 0.1) is 23.3 Å². The van der Waals surface area contributed by atoms with E-state index in [1.165, 1.54) is 12.1 Å². The Kier molecular flexibility index (Phi) is 20.8. The Balaban J connectivity index is 1.10. The molecule has 0 bridgehead atoms. The van der Waals surface area contributed by atoms with Crippen LogP contribution in [0.1, 0.15) is 169 Å². The average Bonchev–Trinajstić information content (AvgIpc) is 0.757. The van der Waals surface area contributed by atoms with Gasteiger partial charge in [0.2, 0.25) is 0 Å². The van der Waals surface area contributed by atoms with E-state index in [9.17, 15) is 10.2 Å². The first-order valence-electron chi connectivity index (χ1n) is 35.1. The van der Waals surface area contributed by atoms with Crippen LogP contribution in [0.2, 0.25) is 0 Å². The van der Waals surface area contributed by atoms with E-state index in [-0.39, 0.29) is 62.5 Å². The normalized spacial score (nSPS) is 13.2. The number of aromatic hydroxyl groups is 2. The highest BCUT2D eigenvalue weighted by molar-refractivity contribution is 5.93. The van der Waals surface area contributed by atoms with E-state index in [4.69, 9.17) is 9.47 Å². The van der Waals surface area contributed by atoms with Gasteiger partial charge in [0.1, 0.15) is 23.0 Å². The average molecular weight is 1370 g/mol. The van der Waals surface area contributed by atoms with E-state index < -0.39 is 46.5 Å². The monoisotopic (exact) mass is 1370 g/mol. The van der Waals surface area contributed by atoms with Crippen LogP contribution in [0.25, 0.3) is 89.0 Å². The third-order valence-corrected chi connectivity index (χ3v) is 19.8. The van der Waals surface area contributed by atoms with Crippen LogP contribution >= 0.6 is 0 Å². The van der Waals surface area contributed by atoms with Gasteiger partial charge in [-0.05, 0) is 312 Å². The minimum atomic E-state index is -4.78. The molecule has 10 aromatic rings. The van der Waals surface area contributed by atoms with Crippen LogP contribution in [0.4, 0.5) is 26.3 Å². The zero-order valence-corrected chi connectivity index (χ0v) is 62.4. The van der Waals surface area contributed by atoms with Gasteiger partial charge in [-0.3, -0.25) is 0 Å². The number of phenols is 2. The third kappa shape index (κ3) is 16.5. The van der Waals surface area contributed by atoms with Gasteiger partial charge in [0.15, 0.2) is 0 Å². The van der Waals surface area contributed by atoms with Gasteiger partial charge in [-0.2, -0.15) is 26.3 Å². The summed E-state index contributed by atoms with van der Waals surface area (Å²) in [7, 11) is 0. The number of hydrogen-bond acceptors (Lipinski definition) is 4. The number of phenolic OH excluding ortho intramolecular Hbond substituents is 2. The Morgan fingerprint density at radius 1 is 0.307 bits per heavy atom. The highest BCUT2D eigenvalue weighted by Gasteiger charge is 2.37. The van der Waals surface area contributed by atoms with Gasteiger partial charge >= 0.3 is 12.4 Å². The molecule has 0 aromatic heterocycles. The third-order valence-electron chi connectivity index (χ3n) is 19.8. The maximum Gasteiger partial charge on any atom is 0.416 e. The first-order valence-corrected chi connectivity index (χ1v) is 35.1. The van der Waals surface area contributed by atoms with E-state index in [2.05, 4.69) is 210 Å². The molecule has 10 heteroatoms. The fraction of sp³-hybridized carbons (Fsp3) is 0.341. The SMILES string of the molecule is Cc1cccc(C)c1-c1cc(-c2cc(C(C)(C)CC(C)(C)C)cc(-c3cc(C(F)(F)F)ccc3O[C@H](C)C[C@H](C)Oc3ccc(C(F)(F)F)cc3-c3cc(C(C)(C)CC(C)(C)C)cc(-c4cc(-c5c(C)cccc5C)cc(-c5c(C)cccc5C)c4)c3O)c2O)cc(-c2c(C)cccc2C)c1. The number of alkyl halides is 6. The van der Waals surface area contributed by atoms with Crippen LogP contribution in [-0.4, -0.2) is 22.4 Å². The number of rotatable bonds is 18. The molecule has 10 aromatic carbocycles. The molecule has 10 rings (SSSR count). The van der Waals surface area contributed by atoms with Crippen LogP contribution in [0.5, 0.6) is 23.0 Å². The predicted octanol–water partition coefficient (Wildman–Crippen LogP) is 27.0. The van der Waals surface area contributed by atoms with Gasteiger partial charge in [-0.15, -0.1) is 0 Å². The molecule has 0 spiro atoms. The predicted molar refractivity (Wildman–Crippen MR) is 407 cm³/mol. The second-order valence-electron chi connectivity index (χ2n) is 32.3. The minimum absolute atomic E-state index is 0.0135. The summed E-state index contributed by atoms with van der Waals surface area (Å²) in [5.41, 5.74) is 17.0. The zero-order valence-electron chi connectivity index (χ0n) is 62.4. The first-order chi connectivity index (χ1) is 47.0. The summed E-state index contributed by atoms with van der Waals surface area (Å²) in [6.45, 7) is 41.4. The Morgan fingerprint density at radius 2 is 0.545 bits per heavy atom. The van der Waals surface area contributed by atoms with Gasteiger partial charge in [0.25, 0.3) is 0 Å². The highest BCUT2D eigenvalue weighted by Crippen LogP contribution is 2.53.